The number of nitrogens with one attached hydrogen (secondary N) is 2. The molecule has 2 aromatic carbocycles. The Morgan fingerprint density at radius 2 is 1.80 bits per heavy atom. The number of anilines is 1. The van der Waals surface area contributed by atoms with Gasteiger partial charge in [-0.25, -0.2) is 0 Å². The van der Waals surface area contributed by atoms with Crippen LogP contribution in [-0.4, -0.2) is 11.9 Å². The third-order valence-electron chi connectivity index (χ3n) is 3.53. The van der Waals surface area contributed by atoms with Crippen molar-refractivity contribution < 1.29 is 4.79 Å². The first-order valence-corrected chi connectivity index (χ1v) is 7.39. The molecule has 3 rings (SSSR count). The maximum absolute atomic E-state index is 12.3. The van der Waals surface area contributed by atoms with Gasteiger partial charge < -0.3 is 10.6 Å². The molecule has 1 amide bonds. The lowest BCUT2D eigenvalue weighted by atomic mass is 9.95. The number of hydrogen-bond acceptors (Lipinski definition) is 2. The van der Waals surface area contributed by atoms with Gasteiger partial charge in [0.15, 0.2) is 0 Å². The van der Waals surface area contributed by atoms with Crippen LogP contribution in [0.25, 0.3) is 0 Å². The molecule has 1 heterocycles. The van der Waals surface area contributed by atoms with Crippen LogP contribution in [0.2, 0.25) is 0 Å². The van der Waals surface area contributed by atoms with Gasteiger partial charge >= 0.3 is 0 Å². The zero-order chi connectivity index (χ0) is 13.9. The fraction of sp³-hybridized carbons (Fsp3) is 0.188. The SMILES string of the molecule is O=C(Nc1ccccc1Br)C1Cc2ccccc2CN1. The van der Waals surface area contributed by atoms with Gasteiger partial charge in [-0.05, 0) is 45.6 Å². The molecule has 0 aromatic heterocycles. The maximum Gasteiger partial charge on any atom is 0.241 e. The van der Waals surface area contributed by atoms with Crippen molar-refractivity contribution in [3.05, 3.63) is 64.1 Å². The third kappa shape index (κ3) is 2.76. The van der Waals surface area contributed by atoms with Gasteiger partial charge in [0.1, 0.15) is 0 Å². The van der Waals surface area contributed by atoms with Crippen molar-refractivity contribution in [2.75, 3.05) is 5.32 Å². The second-order valence-electron chi connectivity index (χ2n) is 4.88. The van der Waals surface area contributed by atoms with Crippen LogP contribution >= 0.6 is 15.9 Å². The Morgan fingerprint density at radius 1 is 1.10 bits per heavy atom. The van der Waals surface area contributed by atoms with E-state index in [1.807, 2.05) is 36.4 Å². The van der Waals surface area contributed by atoms with Crippen molar-refractivity contribution in [1.29, 1.82) is 0 Å². The summed E-state index contributed by atoms with van der Waals surface area (Å²) in [6.07, 6.45) is 0.729. The van der Waals surface area contributed by atoms with Crippen LogP contribution in [-0.2, 0) is 17.8 Å². The number of carbonyl (C=O) groups is 1. The molecule has 0 bridgehead atoms. The van der Waals surface area contributed by atoms with Gasteiger partial charge in [-0.15, -0.1) is 0 Å². The van der Waals surface area contributed by atoms with Gasteiger partial charge in [-0.3, -0.25) is 4.79 Å². The third-order valence-corrected chi connectivity index (χ3v) is 4.22. The summed E-state index contributed by atoms with van der Waals surface area (Å²) < 4.78 is 0.893. The van der Waals surface area contributed by atoms with Gasteiger partial charge in [0.05, 0.1) is 11.7 Å². The highest BCUT2D eigenvalue weighted by Crippen LogP contribution is 2.22. The lowest BCUT2D eigenvalue weighted by molar-refractivity contribution is -0.118. The Morgan fingerprint density at radius 3 is 2.60 bits per heavy atom. The zero-order valence-corrected chi connectivity index (χ0v) is 12.5. The average Bonchev–Trinajstić information content (AvgIpc) is 2.49. The molecule has 4 heteroatoms. The number of hydrogen-bond donors (Lipinski definition) is 2. The molecule has 0 radical (unpaired) electrons. The quantitative estimate of drug-likeness (QED) is 0.888. The summed E-state index contributed by atoms with van der Waals surface area (Å²) in [5, 5.41) is 6.25. The second kappa shape index (κ2) is 5.77. The second-order valence-corrected chi connectivity index (χ2v) is 5.73. The Balaban J connectivity index is 1.72. The Bertz CT molecular complexity index is 642. The molecule has 0 spiro atoms. The molecule has 2 aromatic rings. The van der Waals surface area contributed by atoms with Gasteiger partial charge in [-0.2, -0.15) is 0 Å². The summed E-state index contributed by atoms with van der Waals surface area (Å²) in [5.74, 6) is 0.00593. The van der Waals surface area contributed by atoms with Crippen molar-refractivity contribution in [2.24, 2.45) is 0 Å². The first-order valence-electron chi connectivity index (χ1n) is 6.59. The van der Waals surface area contributed by atoms with E-state index in [-0.39, 0.29) is 11.9 Å². The van der Waals surface area contributed by atoms with Crippen LogP contribution in [0.4, 0.5) is 5.69 Å². The Kier molecular flexibility index (Phi) is 3.85. The van der Waals surface area contributed by atoms with Crippen LogP contribution in [0.5, 0.6) is 0 Å². The molecule has 0 saturated heterocycles. The number of carbonyl (C=O) groups excluding carboxylic acids is 1. The Labute approximate surface area is 126 Å². The number of rotatable bonds is 2. The highest BCUT2D eigenvalue weighted by molar-refractivity contribution is 9.10. The van der Waals surface area contributed by atoms with Crippen LogP contribution < -0.4 is 10.6 Å². The Hall–Kier alpha value is -1.65. The number of amides is 1. The largest absolute Gasteiger partial charge is 0.324 e. The molecular weight excluding hydrogens is 316 g/mol. The first kappa shape index (κ1) is 13.3. The minimum absolute atomic E-state index is 0.00593. The zero-order valence-electron chi connectivity index (χ0n) is 10.9. The first-order chi connectivity index (χ1) is 9.74. The summed E-state index contributed by atoms with van der Waals surface area (Å²) in [7, 11) is 0. The van der Waals surface area contributed by atoms with Crippen LogP contribution in [0.1, 0.15) is 11.1 Å². The smallest absolute Gasteiger partial charge is 0.241 e. The summed E-state index contributed by atoms with van der Waals surface area (Å²) in [4.78, 5) is 12.3. The minimum Gasteiger partial charge on any atom is -0.324 e. The molecule has 1 atom stereocenters. The van der Waals surface area contributed by atoms with E-state index in [1.165, 1.54) is 11.1 Å². The highest BCUT2D eigenvalue weighted by atomic mass is 79.9. The average molecular weight is 331 g/mol. The lowest BCUT2D eigenvalue weighted by Gasteiger charge is -2.25. The minimum atomic E-state index is -0.183. The van der Waals surface area contributed by atoms with E-state index in [0.717, 1.165) is 23.1 Å². The van der Waals surface area contributed by atoms with Crippen molar-refractivity contribution in [3.63, 3.8) is 0 Å². The predicted molar refractivity (Wildman–Crippen MR) is 83.5 cm³/mol. The van der Waals surface area contributed by atoms with E-state index in [1.54, 1.807) is 0 Å². The van der Waals surface area contributed by atoms with E-state index < -0.39 is 0 Å². The van der Waals surface area contributed by atoms with Gasteiger partial charge in [-0.1, -0.05) is 36.4 Å². The van der Waals surface area contributed by atoms with E-state index in [2.05, 4.69) is 38.7 Å². The van der Waals surface area contributed by atoms with E-state index in [0.29, 0.717) is 0 Å². The molecule has 2 N–H and O–H groups in total. The summed E-state index contributed by atoms with van der Waals surface area (Å²) >= 11 is 3.44. The fourth-order valence-electron chi connectivity index (χ4n) is 2.42. The lowest BCUT2D eigenvalue weighted by Crippen LogP contribution is -2.44. The van der Waals surface area contributed by atoms with Crippen molar-refractivity contribution in [3.8, 4) is 0 Å². The molecule has 1 unspecified atom stereocenters. The number of benzene rings is 2. The monoisotopic (exact) mass is 330 g/mol. The molecule has 3 nitrogen and oxygen atoms in total. The fourth-order valence-corrected chi connectivity index (χ4v) is 2.81. The molecule has 0 fully saturated rings. The van der Waals surface area contributed by atoms with Gasteiger partial charge in [0.25, 0.3) is 0 Å². The summed E-state index contributed by atoms with van der Waals surface area (Å²) in [6, 6.07) is 15.7. The van der Waals surface area contributed by atoms with E-state index >= 15 is 0 Å². The van der Waals surface area contributed by atoms with Gasteiger partial charge in [0, 0.05) is 11.0 Å². The van der Waals surface area contributed by atoms with Crippen LogP contribution in [0.3, 0.4) is 0 Å². The van der Waals surface area contributed by atoms with E-state index in [4.69, 9.17) is 0 Å². The molecule has 0 aliphatic carbocycles. The summed E-state index contributed by atoms with van der Waals surface area (Å²) in [6.45, 7) is 0.740. The predicted octanol–water partition coefficient (Wildman–Crippen LogP) is 3.10. The normalized spacial score (nSPS) is 17.4. The van der Waals surface area contributed by atoms with Crippen molar-refractivity contribution in [1.82, 2.24) is 5.32 Å². The van der Waals surface area contributed by atoms with Crippen LogP contribution in [0, 0.1) is 0 Å². The number of fused-ring (bicyclic) bond motifs is 1. The molecule has 20 heavy (non-hydrogen) atoms. The molecular formula is C16H15BrN2O. The highest BCUT2D eigenvalue weighted by Gasteiger charge is 2.24. The van der Waals surface area contributed by atoms with Crippen molar-refractivity contribution >= 4 is 27.5 Å². The van der Waals surface area contributed by atoms with Crippen LogP contribution in [0.15, 0.2) is 53.0 Å². The van der Waals surface area contributed by atoms with Crippen molar-refractivity contribution in [2.45, 2.75) is 19.0 Å². The topological polar surface area (TPSA) is 41.1 Å². The number of para-hydroxylation sites is 1. The molecule has 0 saturated carbocycles. The van der Waals surface area contributed by atoms with Gasteiger partial charge in [0.2, 0.25) is 5.91 Å². The molecule has 1 aliphatic heterocycles. The maximum atomic E-state index is 12.3. The number of halogens is 1. The van der Waals surface area contributed by atoms with E-state index in [9.17, 15) is 4.79 Å². The molecule has 102 valence electrons. The molecule has 1 aliphatic rings. The standard InChI is InChI=1S/C16H15BrN2O/c17-13-7-3-4-8-14(13)19-16(20)15-9-11-5-1-2-6-12(11)10-18-15/h1-8,15,18H,9-10H2,(H,19,20). The summed E-state index contributed by atoms with van der Waals surface area (Å²) in [5.41, 5.74) is 3.33.